The van der Waals surface area contributed by atoms with Gasteiger partial charge in [0.2, 0.25) is 0 Å². The molecular formula is C21H21ClN4O5. The molecule has 9 nitrogen and oxygen atoms in total. The Labute approximate surface area is 184 Å². The Kier molecular flexibility index (Phi) is 7.94. The first-order chi connectivity index (χ1) is 14.7. The quantitative estimate of drug-likeness (QED) is 0.214. The van der Waals surface area contributed by atoms with Crippen LogP contribution >= 0.6 is 11.6 Å². The average Bonchev–Trinajstić information content (AvgIpc) is 2.99. The zero-order valence-corrected chi connectivity index (χ0v) is 18.0. The summed E-state index contributed by atoms with van der Waals surface area (Å²) in [4.78, 5) is 34.4. The number of aryl methyl sites for hydroxylation is 1. The summed E-state index contributed by atoms with van der Waals surface area (Å²) in [5, 5.41) is 22.4. The van der Waals surface area contributed by atoms with Gasteiger partial charge < -0.3 is 14.6 Å². The van der Waals surface area contributed by atoms with Gasteiger partial charge in [0.15, 0.2) is 6.61 Å². The summed E-state index contributed by atoms with van der Waals surface area (Å²) in [6.45, 7) is 6.07. The van der Waals surface area contributed by atoms with E-state index >= 15 is 0 Å². The molecule has 1 N–H and O–H groups in total. The number of esters is 1. The van der Waals surface area contributed by atoms with Gasteiger partial charge in [-0.15, -0.1) is 0 Å². The fourth-order valence-electron chi connectivity index (χ4n) is 2.95. The number of amides is 1. The standard InChI is InChI=1S/C21H21ClN4O5/c1-4-7-25-13(2)8-15(14(25)3)9-16(11-23)21(28)31-12-20(27)24-19-6-5-17(26(29)30)10-18(19)22/h5-6,8-10H,4,7,12H2,1-3H3,(H,24,27)/b16-9+. The number of non-ortho nitro benzene ring substituents is 1. The summed E-state index contributed by atoms with van der Waals surface area (Å²) >= 11 is 5.91. The number of halogens is 1. The Balaban J connectivity index is 2.05. The lowest BCUT2D eigenvalue weighted by Gasteiger charge is -2.08. The van der Waals surface area contributed by atoms with Crippen molar-refractivity contribution in [3.05, 3.63) is 61.9 Å². The highest BCUT2D eigenvalue weighted by Crippen LogP contribution is 2.26. The average molecular weight is 445 g/mol. The largest absolute Gasteiger partial charge is 0.451 e. The number of nitro benzene ring substituents is 1. The van der Waals surface area contributed by atoms with Crippen molar-refractivity contribution < 1.29 is 19.2 Å². The van der Waals surface area contributed by atoms with Crippen molar-refractivity contribution in [1.82, 2.24) is 4.57 Å². The monoisotopic (exact) mass is 444 g/mol. The van der Waals surface area contributed by atoms with Crippen molar-refractivity contribution in [2.75, 3.05) is 11.9 Å². The topological polar surface area (TPSA) is 127 Å². The third-order valence-electron chi connectivity index (χ3n) is 4.47. The van der Waals surface area contributed by atoms with Crippen LogP contribution in [0.1, 0.15) is 30.3 Å². The van der Waals surface area contributed by atoms with Crippen LogP contribution in [0.15, 0.2) is 29.8 Å². The molecule has 0 spiro atoms. The van der Waals surface area contributed by atoms with E-state index in [1.54, 1.807) is 6.07 Å². The number of hydrogen-bond donors (Lipinski definition) is 1. The highest BCUT2D eigenvalue weighted by atomic mass is 35.5. The molecule has 1 amide bonds. The molecule has 0 aliphatic rings. The maximum Gasteiger partial charge on any atom is 0.349 e. The summed E-state index contributed by atoms with van der Waals surface area (Å²) in [5.74, 6) is -1.64. The number of hydrogen-bond acceptors (Lipinski definition) is 6. The van der Waals surface area contributed by atoms with Crippen LogP contribution in [0.5, 0.6) is 0 Å². The van der Waals surface area contributed by atoms with Gasteiger partial charge in [-0.3, -0.25) is 14.9 Å². The first kappa shape index (κ1) is 23.6. The summed E-state index contributed by atoms with van der Waals surface area (Å²) in [7, 11) is 0. The molecule has 0 atom stereocenters. The molecule has 0 radical (unpaired) electrons. The lowest BCUT2D eigenvalue weighted by atomic mass is 10.1. The number of benzene rings is 1. The second-order valence-electron chi connectivity index (χ2n) is 6.69. The van der Waals surface area contributed by atoms with Crippen molar-refractivity contribution in [3.8, 4) is 6.07 Å². The summed E-state index contributed by atoms with van der Waals surface area (Å²) < 4.78 is 7.02. The van der Waals surface area contributed by atoms with Crippen LogP contribution in [0.3, 0.4) is 0 Å². The Morgan fingerprint density at radius 3 is 2.65 bits per heavy atom. The predicted octanol–water partition coefficient (Wildman–Crippen LogP) is 4.17. The van der Waals surface area contributed by atoms with Crippen molar-refractivity contribution >= 4 is 40.9 Å². The zero-order chi connectivity index (χ0) is 23.1. The van der Waals surface area contributed by atoms with Crippen LogP contribution in [0.25, 0.3) is 6.08 Å². The number of nitro groups is 1. The van der Waals surface area contributed by atoms with E-state index in [-0.39, 0.29) is 22.0 Å². The molecule has 0 bridgehead atoms. The smallest absolute Gasteiger partial charge is 0.349 e. The van der Waals surface area contributed by atoms with E-state index in [4.69, 9.17) is 16.3 Å². The highest BCUT2D eigenvalue weighted by Gasteiger charge is 2.17. The maximum absolute atomic E-state index is 12.2. The van der Waals surface area contributed by atoms with Crippen LogP contribution < -0.4 is 5.32 Å². The number of anilines is 1. The molecular weight excluding hydrogens is 424 g/mol. The fourth-order valence-corrected chi connectivity index (χ4v) is 3.17. The van der Waals surface area contributed by atoms with Gasteiger partial charge in [0.1, 0.15) is 11.6 Å². The zero-order valence-electron chi connectivity index (χ0n) is 17.3. The van der Waals surface area contributed by atoms with Gasteiger partial charge in [0.05, 0.1) is 15.6 Å². The molecule has 0 aliphatic carbocycles. The van der Waals surface area contributed by atoms with E-state index in [9.17, 15) is 25.0 Å². The number of carbonyl (C=O) groups excluding carboxylic acids is 2. The molecule has 10 heteroatoms. The van der Waals surface area contributed by atoms with Gasteiger partial charge in [0, 0.05) is 30.1 Å². The Morgan fingerprint density at radius 1 is 1.35 bits per heavy atom. The van der Waals surface area contributed by atoms with E-state index < -0.39 is 23.4 Å². The maximum atomic E-state index is 12.2. The first-order valence-corrected chi connectivity index (χ1v) is 9.75. The second-order valence-corrected chi connectivity index (χ2v) is 7.10. The van der Waals surface area contributed by atoms with Crippen molar-refractivity contribution in [2.45, 2.75) is 33.7 Å². The molecule has 1 heterocycles. The third kappa shape index (κ3) is 5.93. The molecule has 0 fully saturated rings. The van der Waals surface area contributed by atoms with Gasteiger partial charge in [-0.05, 0) is 44.0 Å². The lowest BCUT2D eigenvalue weighted by Crippen LogP contribution is -2.21. The van der Waals surface area contributed by atoms with E-state index in [0.29, 0.717) is 0 Å². The molecule has 1 aromatic heterocycles. The third-order valence-corrected chi connectivity index (χ3v) is 4.78. The minimum atomic E-state index is -0.937. The van der Waals surface area contributed by atoms with Gasteiger partial charge >= 0.3 is 5.97 Å². The Bertz CT molecular complexity index is 1100. The van der Waals surface area contributed by atoms with Gasteiger partial charge in [0.25, 0.3) is 11.6 Å². The van der Waals surface area contributed by atoms with Crippen molar-refractivity contribution in [3.63, 3.8) is 0 Å². The predicted molar refractivity (Wildman–Crippen MR) is 115 cm³/mol. The van der Waals surface area contributed by atoms with Crippen molar-refractivity contribution in [2.24, 2.45) is 0 Å². The number of aromatic nitrogens is 1. The first-order valence-electron chi connectivity index (χ1n) is 9.37. The van der Waals surface area contributed by atoms with E-state index in [1.165, 1.54) is 18.2 Å². The minimum Gasteiger partial charge on any atom is -0.451 e. The molecule has 31 heavy (non-hydrogen) atoms. The molecule has 0 unspecified atom stereocenters. The van der Waals surface area contributed by atoms with E-state index in [0.717, 1.165) is 36.0 Å². The Hall–Kier alpha value is -3.64. The van der Waals surface area contributed by atoms with Gasteiger partial charge in [-0.2, -0.15) is 5.26 Å². The number of carbonyl (C=O) groups is 2. The molecule has 0 saturated heterocycles. The molecule has 2 rings (SSSR count). The van der Waals surface area contributed by atoms with Crippen LogP contribution in [0.2, 0.25) is 5.02 Å². The normalized spacial score (nSPS) is 11.0. The number of ether oxygens (including phenoxy) is 1. The number of nitriles is 1. The van der Waals surface area contributed by atoms with Crippen LogP contribution in [-0.2, 0) is 20.9 Å². The lowest BCUT2D eigenvalue weighted by molar-refractivity contribution is -0.384. The minimum absolute atomic E-state index is 0.0334. The molecule has 162 valence electrons. The molecule has 0 saturated carbocycles. The van der Waals surface area contributed by atoms with E-state index in [1.807, 2.05) is 19.9 Å². The highest BCUT2D eigenvalue weighted by molar-refractivity contribution is 6.34. The summed E-state index contributed by atoms with van der Waals surface area (Å²) in [5.41, 5.74) is 2.32. The van der Waals surface area contributed by atoms with Crippen LogP contribution in [0.4, 0.5) is 11.4 Å². The molecule has 2 aromatic rings. The van der Waals surface area contributed by atoms with Gasteiger partial charge in [-0.25, -0.2) is 4.79 Å². The Morgan fingerprint density at radius 2 is 2.06 bits per heavy atom. The summed E-state index contributed by atoms with van der Waals surface area (Å²) in [6.07, 6.45) is 2.38. The second kappa shape index (κ2) is 10.4. The number of nitrogens with one attached hydrogen (secondary N) is 1. The van der Waals surface area contributed by atoms with Crippen molar-refractivity contribution in [1.29, 1.82) is 5.26 Å². The van der Waals surface area contributed by atoms with Crippen LogP contribution in [0, 0.1) is 35.3 Å². The van der Waals surface area contributed by atoms with Crippen LogP contribution in [-0.4, -0.2) is 28.0 Å². The summed E-state index contributed by atoms with van der Waals surface area (Å²) in [6, 6.07) is 7.21. The molecule has 0 aliphatic heterocycles. The SMILES string of the molecule is CCCn1c(C)cc(/C=C(\C#N)C(=O)OCC(=O)Nc2ccc([N+](=O)[O-])cc2Cl)c1C. The van der Waals surface area contributed by atoms with Gasteiger partial charge in [-0.1, -0.05) is 18.5 Å². The number of nitrogens with zero attached hydrogens (tertiary/aromatic N) is 3. The number of rotatable bonds is 8. The fraction of sp³-hybridized carbons (Fsp3) is 0.286. The molecule has 1 aromatic carbocycles. The van der Waals surface area contributed by atoms with E-state index in [2.05, 4.69) is 16.8 Å².